The summed E-state index contributed by atoms with van der Waals surface area (Å²) < 4.78 is 11.0. The topological polar surface area (TPSA) is 59.0 Å². The summed E-state index contributed by atoms with van der Waals surface area (Å²) in [6.07, 6.45) is 0. The van der Waals surface area contributed by atoms with Crippen molar-refractivity contribution in [2.45, 2.75) is 13.0 Å². The van der Waals surface area contributed by atoms with Gasteiger partial charge in [0.2, 0.25) is 0 Å². The zero-order chi connectivity index (χ0) is 14.4. The number of nitrogens with zero attached hydrogens (tertiary/aromatic N) is 1. The number of carbonyl (C=O) groups is 1. The molecule has 0 aromatic heterocycles. The minimum absolute atomic E-state index is 0.0585. The summed E-state index contributed by atoms with van der Waals surface area (Å²) in [4.78, 5) is 13.3. The molecule has 1 fully saturated rings. The van der Waals surface area contributed by atoms with Crippen LogP contribution in [-0.2, 0) is 9.53 Å². The molecule has 0 spiro atoms. The molecule has 1 aromatic carbocycles. The van der Waals surface area contributed by atoms with Crippen molar-refractivity contribution >= 4 is 5.97 Å². The van der Waals surface area contributed by atoms with E-state index in [4.69, 9.17) is 9.47 Å². The van der Waals surface area contributed by atoms with Crippen LogP contribution < -0.4 is 4.74 Å². The van der Waals surface area contributed by atoms with E-state index in [1.807, 2.05) is 37.3 Å². The first-order chi connectivity index (χ1) is 9.72. The number of carboxylic acids is 1. The number of carboxylic acid groups (broad SMARTS) is 1. The van der Waals surface area contributed by atoms with E-state index in [2.05, 4.69) is 4.90 Å². The van der Waals surface area contributed by atoms with Gasteiger partial charge in [-0.25, -0.2) is 0 Å². The average Bonchev–Trinajstić information content (AvgIpc) is 2.94. The second-order valence-electron chi connectivity index (χ2n) is 4.84. The van der Waals surface area contributed by atoms with Crippen molar-refractivity contribution in [3.63, 3.8) is 0 Å². The molecule has 2 rings (SSSR count). The molecule has 0 amide bonds. The third-order valence-electron chi connectivity index (χ3n) is 3.63. The summed E-state index contributed by atoms with van der Waals surface area (Å²) in [7, 11) is 0. The molecular weight excluding hydrogens is 258 g/mol. The molecule has 0 aliphatic carbocycles. The van der Waals surface area contributed by atoms with Crippen LogP contribution in [0.2, 0.25) is 0 Å². The average molecular weight is 279 g/mol. The SMILES string of the molecule is CCN(CCOc1ccccc1)C1COCC1C(=O)O. The molecule has 0 radical (unpaired) electrons. The minimum atomic E-state index is -0.782. The Kier molecular flexibility index (Phi) is 5.38. The van der Waals surface area contributed by atoms with Crippen LogP contribution in [0.15, 0.2) is 30.3 Å². The summed E-state index contributed by atoms with van der Waals surface area (Å²) in [5.74, 6) is -0.386. The highest BCUT2D eigenvalue weighted by Gasteiger charge is 2.37. The summed E-state index contributed by atoms with van der Waals surface area (Å²) >= 11 is 0. The Bertz CT molecular complexity index is 423. The van der Waals surface area contributed by atoms with Crippen molar-refractivity contribution in [1.29, 1.82) is 0 Å². The van der Waals surface area contributed by atoms with Crippen LogP contribution in [0.25, 0.3) is 0 Å². The van der Waals surface area contributed by atoms with Gasteiger partial charge in [-0.05, 0) is 18.7 Å². The molecule has 0 bridgehead atoms. The second kappa shape index (κ2) is 7.26. The molecule has 2 unspecified atom stereocenters. The maximum Gasteiger partial charge on any atom is 0.310 e. The van der Waals surface area contributed by atoms with Crippen LogP contribution in [0.3, 0.4) is 0 Å². The third-order valence-corrected chi connectivity index (χ3v) is 3.63. The van der Waals surface area contributed by atoms with Crippen molar-refractivity contribution in [2.75, 3.05) is 32.9 Å². The lowest BCUT2D eigenvalue weighted by Crippen LogP contribution is -2.44. The van der Waals surface area contributed by atoms with Gasteiger partial charge in [0.15, 0.2) is 0 Å². The van der Waals surface area contributed by atoms with Crippen molar-refractivity contribution in [1.82, 2.24) is 4.90 Å². The number of aliphatic carboxylic acids is 1. The number of rotatable bonds is 7. The van der Waals surface area contributed by atoms with Gasteiger partial charge in [-0.3, -0.25) is 9.69 Å². The summed E-state index contributed by atoms with van der Waals surface area (Å²) in [6, 6.07) is 9.57. The largest absolute Gasteiger partial charge is 0.492 e. The fourth-order valence-corrected chi connectivity index (χ4v) is 2.49. The Morgan fingerprint density at radius 1 is 1.40 bits per heavy atom. The number of ether oxygens (including phenoxy) is 2. The molecule has 1 N–H and O–H groups in total. The van der Waals surface area contributed by atoms with E-state index in [1.165, 1.54) is 0 Å². The first kappa shape index (κ1) is 14.8. The highest BCUT2D eigenvalue weighted by Crippen LogP contribution is 2.20. The molecule has 5 heteroatoms. The zero-order valence-corrected chi connectivity index (χ0v) is 11.7. The molecule has 1 saturated heterocycles. The summed E-state index contributed by atoms with van der Waals surface area (Å²) in [6.45, 7) is 4.84. The molecule has 0 saturated carbocycles. The summed E-state index contributed by atoms with van der Waals surface area (Å²) in [5.41, 5.74) is 0. The Labute approximate surface area is 119 Å². The fraction of sp³-hybridized carbons (Fsp3) is 0.533. The molecule has 2 atom stereocenters. The van der Waals surface area contributed by atoms with Crippen LogP contribution in [0.4, 0.5) is 0 Å². The van der Waals surface area contributed by atoms with Crippen molar-refractivity contribution in [3.05, 3.63) is 30.3 Å². The first-order valence-corrected chi connectivity index (χ1v) is 6.94. The fourth-order valence-electron chi connectivity index (χ4n) is 2.49. The van der Waals surface area contributed by atoms with Crippen LogP contribution in [0, 0.1) is 5.92 Å². The number of hydrogen-bond acceptors (Lipinski definition) is 4. The highest BCUT2D eigenvalue weighted by atomic mass is 16.5. The lowest BCUT2D eigenvalue weighted by atomic mass is 10.0. The molecule has 20 heavy (non-hydrogen) atoms. The molecule has 1 aliphatic heterocycles. The summed E-state index contributed by atoms with van der Waals surface area (Å²) in [5, 5.41) is 9.19. The number of para-hydroxylation sites is 1. The van der Waals surface area contributed by atoms with Crippen molar-refractivity contribution in [2.24, 2.45) is 5.92 Å². The van der Waals surface area contributed by atoms with E-state index in [1.54, 1.807) is 0 Å². The minimum Gasteiger partial charge on any atom is -0.492 e. The molecule has 5 nitrogen and oxygen atoms in total. The number of likely N-dealkylation sites (N-methyl/N-ethyl adjacent to an activating group) is 1. The van der Waals surface area contributed by atoms with Crippen LogP contribution in [0.5, 0.6) is 5.75 Å². The van der Waals surface area contributed by atoms with Gasteiger partial charge in [0.05, 0.1) is 19.1 Å². The Hall–Kier alpha value is -1.59. The Balaban J connectivity index is 1.84. The van der Waals surface area contributed by atoms with Crippen LogP contribution in [0.1, 0.15) is 6.92 Å². The van der Waals surface area contributed by atoms with E-state index in [0.717, 1.165) is 12.3 Å². The number of hydrogen-bond donors (Lipinski definition) is 1. The maximum atomic E-state index is 11.2. The van der Waals surface area contributed by atoms with Crippen LogP contribution in [-0.4, -0.2) is 54.9 Å². The van der Waals surface area contributed by atoms with E-state index < -0.39 is 11.9 Å². The molecule has 1 heterocycles. The van der Waals surface area contributed by atoms with E-state index in [9.17, 15) is 9.90 Å². The van der Waals surface area contributed by atoms with Gasteiger partial charge >= 0.3 is 5.97 Å². The Morgan fingerprint density at radius 3 is 2.80 bits per heavy atom. The normalized spacial score (nSPS) is 22.1. The number of benzene rings is 1. The Morgan fingerprint density at radius 2 is 2.15 bits per heavy atom. The van der Waals surface area contributed by atoms with Gasteiger partial charge in [0.25, 0.3) is 0 Å². The van der Waals surface area contributed by atoms with Gasteiger partial charge < -0.3 is 14.6 Å². The van der Waals surface area contributed by atoms with Gasteiger partial charge in [-0.1, -0.05) is 25.1 Å². The third kappa shape index (κ3) is 3.71. The predicted molar refractivity (Wildman–Crippen MR) is 74.9 cm³/mol. The highest BCUT2D eigenvalue weighted by molar-refractivity contribution is 5.71. The van der Waals surface area contributed by atoms with Crippen molar-refractivity contribution in [3.8, 4) is 5.75 Å². The molecular formula is C15H21NO4. The van der Waals surface area contributed by atoms with Gasteiger partial charge in [-0.2, -0.15) is 0 Å². The molecule has 1 aromatic rings. The predicted octanol–water partition coefficient (Wildman–Crippen LogP) is 1.49. The molecule has 1 aliphatic rings. The van der Waals surface area contributed by atoms with E-state index >= 15 is 0 Å². The lowest BCUT2D eigenvalue weighted by Gasteiger charge is -2.28. The lowest BCUT2D eigenvalue weighted by molar-refractivity contribution is -0.143. The second-order valence-corrected chi connectivity index (χ2v) is 4.84. The van der Waals surface area contributed by atoms with Crippen LogP contribution >= 0.6 is 0 Å². The van der Waals surface area contributed by atoms with E-state index in [0.29, 0.717) is 26.4 Å². The van der Waals surface area contributed by atoms with E-state index in [-0.39, 0.29) is 6.04 Å². The standard InChI is InChI=1S/C15H21NO4/c1-2-16(14-11-19-10-13(14)15(17)18)8-9-20-12-6-4-3-5-7-12/h3-7,13-14H,2,8-11H2,1H3,(H,17,18). The smallest absolute Gasteiger partial charge is 0.310 e. The monoisotopic (exact) mass is 279 g/mol. The first-order valence-electron chi connectivity index (χ1n) is 6.94. The van der Waals surface area contributed by atoms with Crippen molar-refractivity contribution < 1.29 is 19.4 Å². The van der Waals surface area contributed by atoms with Gasteiger partial charge in [0, 0.05) is 12.6 Å². The molecule has 110 valence electrons. The zero-order valence-electron chi connectivity index (χ0n) is 11.7. The quantitative estimate of drug-likeness (QED) is 0.819. The van der Waals surface area contributed by atoms with Gasteiger partial charge in [0.1, 0.15) is 12.4 Å². The maximum absolute atomic E-state index is 11.2. The van der Waals surface area contributed by atoms with Gasteiger partial charge in [-0.15, -0.1) is 0 Å².